The molecule has 82 valence electrons. The Morgan fingerprint density at radius 3 is 2.14 bits per heavy atom. The summed E-state index contributed by atoms with van der Waals surface area (Å²) in [5, 5.41) is 0. The summed E-state index contributed by atoms with van der Waals surface area (Å²) in [5.74, 6) is 1.62. The summed E-state index contributed by atoms with van der Waals surface area (Å²) in [5.41, 5.74) is 10.6. The van der Waals surface area contributed by atoms with E-state index in [9.17, 15) is 0 Å². The predicted molar refractivity (Wildman–Crippen MR) is 58.6 cm³/mol. The van der Waals surface area contributed by atoms with Gasteiger partial charge >= 0.3 is 0 Å². The summed E-state index contributed by atoms with van der Waals surface area (Å²) < 4.78 is 0. The maximum atomic E-state index is 6.21. The van der Waals surface area contributed by atoms with Gasteiger partial charge in [0.2, 0.25) is 0 Å². The highest BCUT2D eigenvalue weighted by Crippen LogP contribution is 2.34. The van der Waals surface area contributed by atoms with Crippen molar-refractivity contribution in [3.63, 3.8) is 0 Å². The van der Waals surface area contributed by atoms with Gasteiger partial charge in [0.15, 0.2) is 0 Å². The van der Waals surface area contributed by atoms with Gasteiger partial charge in [0.05, 0.1) is 6.04 Å². The van der Waals surface area contributed by atoms with Gasteiger partial charge in [0, 0.05) is 17.9 Å². The van der Waals surface area contributed by atoms with E-state index in [1.54, 1.807) is 0 Å². The Bertz CT molecular complexity index is 175. The fraction of sp³-hybridized carbons (Fsp3) is 1.00. The van der Waals surface area contributed by atoms with Crippen LogP contribution in [0.4, 0.5) is 0 Å². The summed E-state index contributed by atoms with van der Waals surface area (Å²) in [6.45, 7) is 0. The number of nitrogens with two attached hydrogens (primary N) is 1. The number of hydrogen-bond donors (Lipinski definition) is 2. The maximum Gasteiger partial charge on any atom is 0.0915 e. The van der Waals surface area contributed by atoms with Crippen molar-refractivity contribution in [1.82, 2.24) is 0 Å². The first-order valence-corrected chi connectivity index (χ1v) is 6.37. The van der Waals surface area contributed by atoms with Gasteiger partial charge in [-0.25, -0.2) is 0 Å². The van der Waals surface area contributed by atoms with E-state index in [2.05, 4.69) is 5.73 Å². The molecule has 0 aromatic rings. The van der Waals surface area contributed by atoms with E-state index in [0.29, 0.717) is 12.1 Å². The summed E-state index contributed by atoms with van der Waals surface area (Å²) in [6, 6.07) is 1.10. The zero-order valence-corrected chi connectivity index (χ0v) is 9.25. The Labute approximate surface area is 87.4 Å². The summed E-state index contributed by atoms with van der Waals surface area (Å²) in [7, 11) is 0. The monoisotopic (exact) mass is 197 g/mol. The minimum absolute atomic E-state index is 0.451. The molecule has 0 heterocycles. The Balaban J connectivity index is 1.91. The molecule has 2 aliphatic rings. The van der Waals surface area contributed by atoms with Gasteiger partial charge in [-0.2, -0.15) is 0 Å². The fourth-order valence-electron chi connectivity index (χ4n) is 3.45. The van der Waals surface area contributed by atoms with Crippen LogP contribution in [0.5, 0.6) is 0 Å². The Morgan fingerprint density at radius 1 is 0.929 bits per heavy atom. The molecule has 3 atom stereocenters. The van der Waals surface area contributed by atoms with E-state index >= 15 is 0 Å². The highest BCUT2D eigenvalue weighted by molar-refractivity contribution is 4.87. The topological polar surface area (TPSA) is 53.7 Å². The van der Waals surface area contributed by atoms with Crippen LogP contribution in [-0.2, 0) is 0 Å². The van der Waals surface area contributed by atoms with Crippen molar-refractivity contribution in [2.45, 2.75) is 63.5 Å². The van der Waals surface area contributed by atoms with Gasteiger partial charge < -0.3 is 11.5 Å². The molecule has 0 saturated heterocycles. The van der Waals surface area contributed by atoms with Crippen LogP contribution in [0.1, 0.15) is 51.4 Å². The molecule has 0 aromatic carbocycles. The molecule has 0 radical (unpaired) electrons. The first-order chi connectivity index (χ1) is 6.79. The molecule has 2 nitrogen and oxygen atoms in total. The van der Waals surface area contributed by atoms with Gasteiger partial charge in [-0.05, 0) is 25.7 Å². The van der Waals surface area contributed by atoms with Gasteiger partial charge in [-0.15, -0.1) is 0 Å². The van der Waals surface area contributed by atoms with Crippen molar-refractivity contribution in [2.75, 3.05) is 0 Å². The van der Waals surface area contributed by atoms with Crippen LogP contribution in [0.2, 0.25) is 0 Å². The van der Waals surface area contributed by atoms with Crippen molar-refractivity contribution in [3.8, 4) is 0 Å². The lowest BCUT2D eigenvalue weighted by Gasteiger charge is -2.33. The first-order valence-electron chi connectivity index (χ1n) is 6.37. The van der Waals surface area contributed by atoms with Crippen molar-refractivity contribution in [2.24, 2.45) is 17.6 Å². The van der Waals surface area contributed by atoms with E-state index < -0.39 is 0 Å². The predicted octanol–water partition coefficient (Wildman–Crippen LogP) is 1.30. The molecule has 2 heteroatoms. The molecule has 0 aliphatic heterocycles. The van der Waals surface area contributed by atoms with E-state index in [4.69, 9.17) is 5.73 Å². The van der Waals surface area contributed by atoms with Crippen molar-refractivity contribution < 1.29 is 5.73 Å². The molecule has 3 unspecified atom stereocenters. The molecule has 0 aromatic heterocycles. The van der Waals surface area contributed by atoms with Crippen molar-refractivity contribution in [1.29, 1.82) is 0 Å². The molecular weight excluding hydrogens is 172 g/mol. The lowest BCUT2D eigenvalue weighted by Crippen LogP contribution is -2.70. The lowest BCUT2D eigenvalue weighted by molar-refractivity contribution is -0.448. The number of hydrogen-bond acceptors (Lipinski definition) is 1. The van der Waals surface area contributed by atoms with Crippen molar-refractivity contribution >= 4 is 0 Å². The molecule has 14 heavy (non-hydrogen) atoms. The third-order valence-corrected chi connectivity index (χ3v) is 4.43. The second kappa shape index (κ2) is 4.63. The zero-order valence-electron chi connectivity index (χ0n) is 9.25. The smallest absolute Gasteiger partial charge is 0.0915 e. The Morgan fingerprint density at radius 2 is 1.50 bits per heavy atom. The minimum atomic E-state index is 0.451. The quantitative estimate of drug-likeness (QED) is 0.689. The first kappa shape index (κ1) is 10.4. The average Bonchev–Trinajstić information content (AvgIpc) is 2.70. The van der Waals surface area contributed by atoms with Gasteiger partial charge in [-0.3, -0.25) is 0 Å². The second-order valence-corrected chi connectivity index (χ2v) is 5.32. The standard InChI is InChI=1S/C12H24N2/c13-11-8-4-3-7-10(11)12(14)9-5-1-2-6-9/h9-12H,1-8,13-14H2/p+1. The molecule has 0 bridgehead atoms. The number of quaternary nitrogens is 1. The van der Waals surface area contributed by atoms with Gasteiger partial charge in [0.1, 0.15) is 0 Å². The molecular formula is C12H25N2+. The molecule has 2 aliphatic carbocycles. The van der Waals surface area contributed by atoms with Crippen LogP contribution in [0, 0.1) is 11.8 Å². The SMILES string of the molecule is NC1CCCCC1C([NH3+])C1CCCC1. The third-order valence-electron chi connectivity index (χ3n) is 4.43. The van der Waals surface area contributed by atoms with Crippen LogP contribution >= 0.6 is 0 Å². The van der Waals surface area contributed by atoms with Gasteiger partial charge in [-0.1, -0.05) is 25.7 Å². The van der Waals surface area contributed by atoms with Crippen LogP contribution in [0.3, 0.4) is 0 Å². The fourth-order valence-corrected chi connectivity index (χ4v) is 3.45. The molecule has 0 spiro atoms. The molecule has 2 rings (SSSR count). The van der Waals surface area contributed by atoms with E-state index in [-0.39, 0.29) is 0 Å². The van der Waals surface area contributed by atoms with E-state index in [1.807, 2.05) is 0 Å². The Kier molecular flexibility index (Phi) is 3.45. The minimum Gasteiger partial charge on any atom is -0.355 e. The normalized spacial score (nSPS) is 37.3. The highest BCUT2D eigenvalue weighted by Gasteiger charge is 2.35. The Hall–Kier alpha value is -0.0800. The molecule has 5 N–H and O–H groups in total. The van der Waals surface area contributed by atoms with Crippen LogP contribution in [0.15, 0.2) is 0 Å². The van der Waals surface area contributed by atoms with E-state index in [1.165, 1.54) is 51.4 Å². The molecule has 0 amide bonds. The molecule has 2 fully saturated rings. The number of rotatable bonds is 2. The van der Waals surface area contributed by atoms with Crippen LogP contribution < -0.4 is 11.5 Å². The van der Waals surface area contributed by atoms with Crippen molar-refractivity contribution in [3.05, 3.63) is 0 Å². The maximum absolute atomic E-state index is 6.21. The third kappa shape index (κ3) is 2.12. The van der Waals surface area contributed by atoms with E-state index in [0.717, 1.165) is 11.8 Å². The second-order valence-electron chi connectivity index (χ2n) is 5.32. The zero-order chi connectivity index (χ0) is 9.97. The van der Waals surface area contributed by atoms with Gasteiger partial charge in [0.25, 0.3) is 0 Å². The summed E-state index contributed by atoms with van der Waals surface area (Å²) >= 11 is 0. The molecule has 2 saturated carbocycles. The highest BCUT2D eigenvalue weighted by atomic mass is 14.8. The van der Waals surface area contributed by atoms with Crippen LogP contribution in [0.25, 0.3) is 0 Å². The van der Waals surface area contributed by atoms with Crippen LogP contribution in [-0.4, -0.2) is 12.1 Å². The summed E-state index contributed by atoms with van der Waals surface area (Å²) in [6.07, 6.45) is 11.0. The lowest BCUT2D eigenvalue weighted by atomic mass is 9.76. The summed E-state index contributed by atoms with van der Waals surface area (Å²) in [4.78, 5) is 0. The average molecular weight is 197 g/mol. The largest absolute Gasteiger partial charge is 0.355 e.